The van der Waals surface area contributed by atoms with Crippen molar-refractivity contribution in [1.29, 1.82) is 0 Å². The van der Waals surface area contributed by atoms with E-state index >= 15 is 0 Å². The molecule has 2 aromatic heterocycles. The topological polar surface area (TPSA) is 126 Å². The van der Waals surface area contributed by atoms with E-state index < -0.39 is 16.9 Å². The van der Waals surface area contributed by atoms with Gasteiger partial charge in [0.25, 0.3) is 11.2 Å². The number of carbonyl (C=O) groups excluding carboxylic acids is 1. The molecule has 3 heterocycles. The Hall–Kier alpha value is -4.97. The van der Waals surface area contributed by atoms with E-state index in [-0.39, 0.29) is 35.8 Å². The van der Waals surface area contributed by atoms with E-state index in [2.05, 4.69) is 4.99 Å². The number of esters is 1. The van der Waals surface area contributed by atoms with Crippen LogP contribution in [0.15, 0.2) is 98.3 Å². The summed E-state index contributed by atoms with van der Waals surface area (Å²) in [6.45, 7) is 5.56. The molecule has 244 valence electrons. The number of aryl methyl sites for hydroxylation is 1. The van der Waals surface area contributed by atoms with Crippen molar-refractivity contribution < 1.29 is 23.6 Å². The molecular weight excluding hydrogens is 677 g/mol. The molecule has 10 nitrogen and oxygen atoms in total. The molecule has 0 N–H and O–H groups in total. The number of ether oxygens (including phenoxy) is 2. The van der Waals surface area contributed by atoms with Crippen molar-refractivity contribution in [2.45, 2.75) is 33.4 Å². The molecule has 0 saturated carbocycles. The Labute approximate surface area is 287 Å². The minimum absolute atomic E-state index is 0.0879. The summed E-state index contributed by atoms with van der Waals surface area (Å²) in [7, 11) is 0. The van der Waals surface area contributed by atoms with Gasteiger partial charge in [0.2, 0.25) is 0 Å². The number of thiazole rings is 1. The summed E-state index contributed by atoms with van der Waals surface area (Å²) in [5.74, 6) is 0.620. The second-order valence-electron chi connectivity index (χ2n) is 10.9. The largest absolute Gasteiger partial charge is 0.489 e. The van der Waals surface area contributed by atoms with Gasteiger partial charge in [0.05, 0.1) is 27.3 Å². The zero-order chi connectivity index (χ0) is 34.1. The van der Waals surface area contributed by atoms with Crippen LogP contribution in [0.4, 0.5) is 5.69 Å². The zero-order valence-electron chi connectivity index (χ0n) is 25.9. The normalized spacial score (nSPS) is 14.4. The highest BCUT2D eigenvalue weighted by molar-refractivity contribution is 7.07. The first-order valence-corrected chi connectivity index (χ1v) is 16.3. The number of non-ortho nitro benzene ring substituents is 1. The quantitative estimate of drug-likeness (QED) is 0.0906. The van der Waals surface area contributed by atoms with Gasteiger partial charge in [-0.1, -0.05) is 58.8 Å². The fourth-order valence-electron chi connectivity index (χ4n) is 5.31. The highest BCUT2D eigenvalue weighted by Crippen LogP contribution is 2.36. The van der Waals surface area contributed by atoms with E-state index in [1.807, 2.05) is 19.1 Å². The van der Waals surface area contributed by atoms with Gasteiger partial charge in [-0.2, -0.15) is 0 Å². The molecule has 0 radical (unpaired) electrons. The number of furan rings is 1. The second-order valence-corrected chi connectivity index (χ2v) is 12.7. The lowest BCUT2D eigenvalue weighted by Crippen LogP contribution is -2.39. The third-order valence-electron chi connectivity index (χ3n) is 7.70. The van der Waals surface area contributed by atoms with Crippen LogP contribution in [0.25, 0.3) is 17.4 Å². The van der Waals surface area contributed by atoms with Crippen molar-refractivity contribution >= 4 is 52.3 Å². The molecular formula is C35H27Cl2N3O7S. The number of nitro groups is 1. The Morgan fingerprint density at radius 3 is 2.56 bits per heavy atom. The molecule has 0 amide bonds. The van der Waals surface area contributed by atoms with Gasteiger partial charge in [0.15, 0.2) is 4.80 Å². The van der Waals surface area contributed by atoms with Crippen LogP contribution in [0.5, 0.6) is 5.75 Å². The molecule has 1 atom stereocenters. The van der Waals surface area contributed by atoms with Gasteiger partial charge in [-0.3, -0.25) is 19.5 Å². The van der Waals surface area contributed by atoms with Crippen LogP contribution < -0.4 is 19.6 Å². The maximum absolute atomic E-state index is 14.0. The number of allylic oxidation sites excluding steroid dienone is 1. The molecule has 0 saturated heterocycles. The van der Waals surface area contributed by atoms with Crippen LogP contribution in [-0.2, 0) is 16.1 Å². The number of fused-ring (bicyclic) bond motifs is 1. The summed E-state index contributed by atoms with van der Waals surface area (Å²) in [5.41, 5.74) is 2.90. The molecule has 0 aliphatic carbocycles. The summed E-state index contributed by atoms with van der Waals surface area (Å²) >= 11 is 13.4. The van der Waals surface area contributed by atoms with Crippen LogP contribution in [-0.4, -0.2) is 22.1 Å². The number of rotatable bonds is 9. The summed E-state index contributed by atoms with van der Waals surface area (Å²) in [5, 5.41) is 12.5. The van der Waals surface area contributed by atoms with E-state index in [1.54, 1.807) is 68.5 Å². The van der Waals surface area contributed by atoms with Crippen molar-refractivity contribution in [3.8, 4) is 17.1 Å². The zero-order valence-corrected chi connectivity index (χ0v) is 28.2. The predicted octanol–water partition coefficient (Wildman–Crippen LogP) is 7.16. The third kappa shape index (κ3) is 6.57. The van der Waals surface area contributed by atoms with Crippen molar-refractivity contribution in [2.75, 3.05) is 6.61 Å². The van der Waals surface area contributed by atoms with Gasteiger partial charge in [-0.25, -0.2) is 9.79 Å². The molecule has 13 heteroatoms. The fraction of sp³-hybridized carbons (Fsp3) is 0.171. The number of benzene rings is 3. The average molecular weight is 705 g/mol. The summed E-state index contributed by atoms with van der Waals surface area (Å²) in [6.07, 6.45) is 1.74. The minimum Gasteiger partial charge on any atom is -0.489 e. The summed E-state index contributed by atoms with van der Waals surface area (Å²) < 4.78 is 19.3. The van der Waals surface area contributed by atoms with E-state index in [9.17, 15) is 19.7 Å². The lowest BCUT2D eigenvalue weighted by molar-refractivity contribution is -0.384. The SMILES string of the molecule is CCOC(=O)C1=C(C)N=c2s/c(=C\c3ccc(OCc4ccc(Cl)cc4Cl)cc3)c(=O)n2[C@H]1c1ccc(-c2cc([N+](=O)[O-])ccc2C)o1. The Bertz CT molecular complexity index is 2290. The number of hydrogen-bond acceptors (Lipinski definition) is 9. The molecule has 5 aromatic rings. The molecule has 0 unspecified atom stereocenters. The number of hydrogen-bond donors (Lipinski definition) is 0. The molecule has 1 aliphatic heterocycles. The Morgan fingerprint density at radius 2 is 1.85 bits per heavy atom. The van der Waals surface area contributed by atoms with Gasteiger partial charge in [-0.05, 0) is 74.4 Å². The molecule has 1 aliphatic rings. The second kappa shape index (κ2) is 13.6. The Balaban J connectivity index is 1.36. The lowest BCUT2D eigenvalue weighted by atomic mass is 10.0. The molecule has 6 rings (SSSR count). The highest BCUT2D eigenvalue weighted by Gasteiger charge is 2.35. The van der Waals surface area contributed by atoms with Crippen molar-refractivity contribution in [3.63, 3.8) is 0 Å². The fourth-order valence-corrected chi connectivity index (χ4v) is 6.82. The first-order valence-electron chi connectivity index (χ1n) is 14.8. The lowest BCUT2D eigenvalue weighted by Gasteiger charge is -2.22. The van der Waals surface area contributed by atoms with Gasteiger partial charge in [0.1, 0.15) is 29.9 Å². The highest BCUT2D eigenvalue weighted by atomic mass is 35.5. The van der Waals surface area contributed by atoms with Crippen molar-refractivity contribution in [2.24, 2.45) is 4.99 Å². The van der Waals surface area contributed by atoms with Crippen LogP contribution in [0.2, 0.25) is 10.0 Å². The minimum atomic E-state index is -0.981. The van der Waals surface area contributed by atoms with Gasteiger partial charge in [-0.15, -0.1) is 0 Å². The molecule has 0 spiro atoms. The van der Waals surface area contributed by atoms with E-state index in [0.29, 0.717) is 42.1 Å². The van der Waals surface area contributed by atoms with Crippen LogP contribution in [0.1, 0.15) is 42.3 Å². The Morgan fingerprint density at radius 1 is 1.08 bits per heavy atom. The summed E-state index contributed by atoms with van der Waals surface area (Å²) in [4.78, 5) is 43.2. The van der Waals surface area contributed by atoms with Crippen LogP contribution in [0, 0.1) is 17.0 Å². The van der Waals surface area contributed by atoms with Gasteiger partial charge in [0, 0.05) is 33.3 Å². The number of nitro benzene ring substituents is 1. The molecule has 48 heavy (non-hydrogen) atoms. The number of aromatic nitrogens is 1. The maximum atomic E-state index is 14.0. The molecule has 0 bridgehead atoms. The first kappa shape index (κ1) is 33.0. The van der Waals surface area contributed by atoms with E-state index in [4.69, 9.17) is 37.1 Å². The average Bonchev–Trinajstić information content (AvgIpc) is 3.65. The van der Waals surface area contributed by atoms with Crippen LogP contribution >= 0.6 is 34.5 Å². The molecule has 0 fully saturated rings. The number of carbonyl (C=O) groups is 1. The smallest absolute Gasteiger partial charge is 0.338 e. The monoisotopic (exact) mass is 703 g/mol. The van der Waals surface area contributed by atoms with Gasteiger partial charge >= 0.3 is 5.97 Å². The number of nitrogens with zero attached hydrogens (tertiary/aromatic N) is 3. The molecule has 3 aromatic carbocycles. The standard InChI is InChI=1S/C35H27Cl2N3O7S/c1-4-45-34(42)31-20(3)38-35-39(32(31)29-14-13-28(47-29)26-17-24(40(43)44)10-5-19(26)2)33(41)30(48-35)15-21-6-11-25(12-7-21)46-18-22-8-9-23(36)16-27(22)37/h5-17,32H,4,18H2,1-3H3/b30-15-/t32-/m0/s1. The van der Waals surface area contributed by atoms with Crippen molar-refractivity contribution in [1.82, 2.24) is 4.57 Å². The van der Waals surface area contributed by atoms with Crippen molar-refractivity contribution in [3.05, 3.63) is 146 Å². The first-order chi connectivity index (χ1) is 23.0. The van der Waals surface area contributed by atoms with E-state index in [1.165, 1.54) is 28.0 Å². The number of halogens is 2. The maximum Gasteiger partial charge on any atom is 0.338 e. The Kier molecular flexibility index (Phi) is 9.36. The predicted molar refractivity (Wildman–Crippen MR) is 183 cm³/mol. The van der Waals surface area contributed by atoms with Gasteiger partial charge < -0.3 is 13.9 Å². The summed E-state index contributed by atoms with van der Waals surface area (Å²) in [6, 6.07) is 19.3. The van der Waals surface area contributed by atoms with Crippen LogP contribution in [0.3, 0.4) is 0 Å². The van der Waals surface area contributed by atoms with E-state index in [0.717, 1.165) is 16.7 Å². The third-order valence-corrected chi connectivity index (χ3v) is 9.27.